The van der Waals surface area contributed by atoms with E-state index in [9.17, 15) is 4.79 Å². The van der Waals surface area contributed by atoms with Crippen LogP contribution in [0.25, 0.3) is 0 Å². The second-order valence-corrected chi connectivity index (χ2v) is 7.10. The molecule has 0 fully saturated rings. The summed E-state index contributed by atoms with van der Waals surface area (Å²) >= 11 is 0. The molecule has 156 valence electrons. The number of anilines is 2. The number of hydrogen-bond acceptors (Lipinski definition) is 4. The van der Waals surface area contributed by atoms with Crippen molar-refractivity contribution in [1.82, 2.24) is 0 Å². The van der Waals surface area contributed by atoms with Gasteiger partial charge >= 0.3 is 5.97 Å². The molecule has 0 atom stereocenters. The monoisotopic (exact) mass is 405 g/mol. The lowest BCUT2D eigenvalue weighted by atomic mass is 10.1. The molecule has 0 heterocycles. The summed E-state index contributed by atoms with van der Waals surface area (Å²) in [5.41, 5.74) is 4.15. The highest BCUT2D eigenvalue weighted by Gasteiger charge is 2.04. The minimum absolute atomic E-state index is 0.176. The zero-order chi connectivity index (χ0) is 21.2. The van der Waals surface area contributed by atoms with Gasteiger partial charge in [-0.2, -0.15) is 0 Å². The van der Waals surface area contributed by atoms with Crippen molar-refractivity contribution in [2.45, 2.75) is 32.8 Å². The summed E-state index contributed by atoms with van der Waals surface area (Å²) in [6, 6.07) is 23.8. The molecule has 0 aliphatic rings. The Labute approximate surface area is 177 Å². The van der Waals surface area contributed by atoms with Crippen LogP contribution in [0.3, 0.4) is 0 Å². The van der Waals surface area contributed by atoms with Crippen LogP contribution in [-0.2, 0) is 11.4 Å². The molecular formula is C25H27NO4. The fourth-order valence-electron chi connectivity index (χ4n) is 2.99. The van der Waals surface area contributed by atoms with Gasteiger partial charge in [0, 0.05) is 23.9 Å². The first-order valence-electron chi connectivity index (χ1n) is 10.1. The van der Waals surface area contributed by atoms with Crippen LogP contribution in [0, 0.1) is 6.92 Å². The normalized spacial score (nSPS) is 10.4. The van der Waals surface area contributed by atoms with Crippen molar-refractivity contribution in [3.63, 3.8) is 0 Å². The van der Waals surface area contributed by atoms with E-state index in [2.05, 4.69) is 5.32 Å². The SMILES string of the molecule is Cc1cc(OCc2ccccc2)ccc1Nc1cccc(OCCCCC(=O)O)c1. The lowest BCUT2D eigenvalue weighted by Gasteiger charge is -2.13. The summed E-state index contributed by atoms with van der Waals surface area (Å²) in [4.78, 5) is 10.5. The molecule has 0 spiro atoms. The number of aliphatic carboxylic acids is 1. The summed E-state index contributed by atoms with van der Waals surface area (Å²) in [6.07, 6.45) is 1.51. The molecule has 0 radical (unpaired) electrons. The van der Waals surface area contributed by atoms with Crippen LogP contribution in [0.2, 0.25) is 0 Å². The minimum atomic E-state index is -0.770. The van der Waals surface area contributed by atoms with E-state index in [4.69, 9.17) is 14.6 Å². The molecule has 0 saturated heterocycles. The van der Waals surface area contributed by atoms with E-state index in [1.807, 2.05) is 79.7 Å². The van der Waals surface area contributed by atoms with E-state index in [0.29, 0.717) is 26.1 Å². The number of aryl methyl sites for hydroxylation is 1. The molecule has 0 bridgehead atoms. The van der Waals surface area contributed by atoms with Crippen LogP contribution in [0.4, 0.5) is 11.4 Å². The first-order chi connectivity index (χ1) is 14.6. The molecule has 3 aromatic rings. The molecule has 30 heavy (non-hydrogen) atoms. The van der Waals surface area contributed by atoms with Crippen LogP contribution in [0.5, 0.6) is 11.5 Å². The molecule has 0 amide bonds. The van der Waals surface area contributed by atoms with E-state index in [0.717, 1.165) is 34.0 Å². The maximum atomic E-state index is 10.5. The Morgan fingerprint density at radius 1 is 0.900 bits per heavy atom. The molecule has 0 aliphatic heterocycles. The summed E-state index contributed by atoms with van der Waals surface area (Å²) in [5.74, 6) is 0.823. The lowest BCUT2D eigenvalue weighted by molar-refractivity contribution is -0.137. The van der Waals surface area contributed by atoms with Gasteiger partial charge in [0.2, 0.25) is 0 Å². The largest absolute Gasteiger partial charge is 0.494 e. The highest BCUT2D eigenvalue weighted by molar-refractivity contribution is 5.66. The van der Waals surface area contributed by atoms with Gasteiger partial charge in [0.05, 0.1) is 6.61 Å². The maximum Gasteiger partial charge on any atom is 0.303 e. The van der Waals surface area contributed by atoms with Crippen LogP contribution in [0.15, 0.2) is 72.8 Å². The smallest absolute Gasteiger partial charge is 0.303 e. The van der Waals surface area contributed by atoms with Crippen LogP contribution >= 0.6 is 0 Å². The topological polar surface area (TPSA) is 67.8 Å². The number of carbonyl (C=O) groups is 1. The number of carboxylic acid groups (broad SMARTS) is 1. The maximum absolute atomic E-state index is 10.5. The average molecular weight is 405 g/mol. The third-order valence-electron chi connectivity index (χ3n) is 4.61. The zero-order valence-corrected chi connectivity index (χ0v) is 17.1. The summed E-state index contributed by atoms with van der Waals surface area (Å²) in [7, 11) is 0. The van der Waals surface area contributed by atoms with Crippen molar-refractivity contribution in [1.29, 1.82) is 0 Å². The van der Waals surface area contributed by atoms with Gasteiger partial charge in [-0.05, 0) is 61.2 Å². The second kappa shape index (κ2) is 10.9. The summed E-state index contributed by atoms with van der Waals surface area (Å²) in [5, 5.41) is 12.1. The fraction of sp³-hybridized carbons (Fsp3) is 0.240. The molecule has 0 unspecified atom stereocenters. The molecular weight excluding hydrogens is 378 g/mol. The predicted molar refractivity (Wildman–Crippen MR) is 119 cm³/mol. The van der Waals surface area contributed by atoms with E-state index in [-0.39, 0.29) is 6.42 Å². The second-order valence-electron chi connectivity index (χ2n) is 7.10. The van der Waals surface area contributed by atoms with Crippen LogP contribution in [0.1, 0.15) is 30.4 Å². The summed E-state index contributed by atoms with van der Waals surface area (Å²) < 4.78 is 11.6. The van der Waals surface area contributed by atoms with Gasteiger partial charge in [-0.15, -0.1) is 0 Å². The van der Waals surface area contributed by atoms with Gasteiger partial charge in [-0.3, -0.25) is 4.79 Å². The van der Waals surface area contributed by atoms with Crippen LogP contribution in [-0.4, -0.2) is 17.7 Å². The van der Waals surface area contributed by atoms with E-state index >= 15 is 0 Å². The number of nitrogens with one attached hydrogen (secondary N) is 1. The molecule has 2 N–H and O–H groups in total. The van der Waals surface area contributed by atoms with E-state index < -0.39 is 5.97 Å². The minimum Gasteiger partial charge on any atom is -0.494 e. The number of benzene rings is 3. The third-order valence-corrected chi connectivity index (χ3v) is 4.61. The lowest BCUT2D eigenvalue weighted by Crippen LogP contribution is -2.01. The van der Waals surface area contributed by atoms with Crippen molar-refractivity contribution in [2.75, 3.05) is 11.9 Å². The molecule has 5 heteroatoms. The number of rotatable bonds is 11. The van der Waals surface area contributed by atoms with Gasteiger partial charge in [0.1, 0.15) is 18.1 Å². The molecule has 0 saturated carbocycles. The number of carboxylic acids is 1. The Hall–Kier alpha value is -3.47. The molecule has 0 aliphatic carbocycles. The van der Waals surface area contributed by atoms with E-state index in [1.54, 1.807) is 0 Å². The molecule has 0 aromatic heterocycles. The Balaban J connectivity index is 1.53. The van der Waals surface area contributed by atoms with Crippen molar-refractivity contribution in [3.05, 3.63) is 83.9 Å². The van der Waals surface area contributed by atoms with Crippen molar-refractivity contribution >= 4 is 17.3 Å². The van der Waals surface area contributed by atoms with Gasteiger partial charge in [-0.1, -0.05) is 36.4 Å². The van der Waals surface area contributed by atoms with Crippen LogP contribution < -0.4 is 14.8 Å². The van der Waals surface area contributed by atoms with Crippen molar-refractivity contribution < 1.29 is 19.4 Å². The third kappa shape index (κ3) is 6.85. The molecule has 3 rings (SSSR count). The average Bonchev–Trinajstić information content (AvgIpc) is 2.75. The fourth-order valence-corrected chi connectivity index (χ4v) is 2.99. The summed E-state index contributed by atoms with van der Waals surface area (Å²) in [6.45, 7) is 3.09. The van der Waals surface area contributed by atoms with Gasteiger partial charge in [-0.25, -0.2) is 0 Å². The van der Waals surface area contributed by atoms with Crippen molar-refractivity contribution in [2.24, 2.45) is 0 Å². The molecule has 3 aromatic carbocycles. The Morgan fingerprint density at radius 3 is 2.47 bits per heavy atom. The quantitative estimate of drug-likeness (QED) is 0.386. The Bertz CT molecular complexity index is 956. The first-order valence-corrected chi connectivity index (χ1v) is 10.1. The number of unbranched alkanes of at least 4 members (excludes halogenated alkanes) is 1. The Morgan fingerprint density at radius 2 is 1.70 bits per heavy atom. The standard InChI is InChI=1S/C25H27NO4/c1-19-16-23(30-18-20-8-3-2-4-9-20)13-14-24(19)26-21-10-7-11-22(17-21)29-15-6-5-12-25(27)28/h2-4,7-11,13-14,16-17,26H,5-6,12,15,18H2,1H3,(H,27,28). The predicted octanol–water partition coefficient (Wildman–Crippen LogP) is 5.95. The number of ether oxygens (including phenoxy) is 2. The first kappa shape index (κ1) is 21.2. The van der Waals surface area contributed by atoms with E-state index in [1.165, 1.54) is 0 Å². The highest BCUT2D eigenvalue weighted by Crippen LogP contribution is 2.27. The van der Waals surface area contributed by atoms with Gasteiger partial charge in [0.25, 0.3) is 0 Å². The van der Waals surface area contributed by atoms with Gasteiger partial charge in [0.15, 0.2) is 0 Å². The highest BCUT2D eigenvalue weighted by atomic mass is 16.5. The van der Waals surface area contributed by atoms with Crippen molar-refractivity contribution in [3.8, 4) is 11.5 Å². The zero-order valence-electron chi connectivity index (χ0n) is 17.1. The van der Waals surface area contributed by atoms with Gasteiger partial charge < -0.3 is 19.9 Å². The number of hydrogen-bond donors (Lipinski definition) is 2. The Kier molecular flexibility index (Phi) is 7.72. The molecule has 5 nitrogen and oxygen atoms in total.